The standard InChI is InChI=1S/C14H19BrIN/c15-13-7-6-12(16)10-14(13)17-9-8-11-4-2-1-3-5-11/h6-7,10-11,17H,1-5,8-9H2. The summed E-state index contributed by atoms with van der Waals surface area (Å²) in [5.41, 5.74) is 1.23. The van der Waals surface area contributed by atoms with Gasteiger partial charge in [0.05, 0.1) is 0 Å². The molecule has 0 unspecified atom stereocenters. The van der Waals surface area contributed by atoms with Crippen molar-refractivity contribution in [3.05, 3.63) is 26.2 Å². The van der Waals surface area contributed by atoms with Crippen LogP contribution in [0, 0.1) is 9.49 Å². The minimum Gasteiger partial charge on any atom is -0.384 e. The minimum absolute atomic E-state index is 0.956. The van der Waals surface area contributed by atoms with Gasteiger partial charge in [-0.05, 0) is 69.1 Å². The summed E-state index contributed by atoms with van der Waals surface area (Å²) in [4.78, 5) is 0. The van der Waals surface area contributed by atoms with Crippen LogP contribution in [0.15, 0.2) is 22.7 Å². The van der Waals surface area contributed by atoms with Gasteiger partial charge in [-0.3, -0.25) is 0 Å². The smallest absolute Gasteiger partial charge is 0.0495 e. The first-order chi connectivity index (χ1) is 8.25. The average Bonchev–Trinajstić information content (AvgIpc) is 2.35. The van der Waals surface area contributed by atoms with Crippen LogP contribution in [0.4, 0.5) is 5.69 Å². The summed E-state index contributed by atoms with van der Waals surface area (Å²) in [6.45, 7) is 1.10. The van der Waals surface area contributed by atoms with E-state index >= 15 is 0 Å². The number of nitrogens with one attached hydrogen (secondary N) is 1. The van der Waals surface area contributed by atoms with Gasteiger partial charge in [-0.2, -0.15) is 0 Å². The number of anilines is 1. The van der Waals surface area contributed by atoms with Crippen molar-refractivity contribution < 1.29 is 0 Å². The Labute approximate surface area is 126 Å². The number of benzene rings is 1. The fourth-order valence-electron chi connectivity index (χ4n) is 2.52. The van der Waals surface area contributed by atoms with E-state index in [-0.39, 0.29) is 0 Å². The van der Waals surface area contributed by atoms with Crippen LogP contribution in [0.25, 0.3) is 0 Å². The van der Waals surface area contributed by atoms with Crippen molar-refractivity contribution in [3.63, 3.8) is 0 Å². The Hall–Kier alpha value is 0.230. The monoisotopic (exact) mass is 407 g/mol. The molecule has 2 rings (SSSR count). The average molecular weight is 408 g/mol. The second-order valence-electron chi connectivity index (χ2n) is 4.84. The molecule has 0 aromatic heterocycles. The van der Waals surface area contributed by atoms with E-state index < -0.39 is 0 Å². The molecule has 94 valence electrons. The largest absolute Gasteiger partial charge is 0.384 e. The zero-order valence-corrected chi connectivity index (χ0v) is 13.8. The Morgan fingerprint density at radius 3 is 2.76 bits per heavy atom. The lowest BCUT2D eigenvalue weighted by atomic mass is 9.87. The molecule has 0 atom stereocenters. The molecule has 17 heavy (non-hydrogen) atoms. The third kappa shape index (κ3) is 4.43. The SMILES string of the molecule is Brc1ccc(I)cc1NCCC1CCCCC1. The maximum atomic E-state index is 3.59. The van der Waals surface area contributed by atoms with E-state index in [4.69, 9.17) is 0 Å². The molecule has 0 amide bonds. The molecule has 0 saturated heterocycles. The lowest BCUT2D eigenvalue weighted by Crippen LogP contribution is -2.12. The molecule has 1 saturated carbocycles. The number of hydrogen-bond donors (Lipinski definition) is 1. The van der Waals surface area contributed by atoms with E-state index in [1.165, 1.54) is 52.3 Å². The topological polar surface area (TPSA) is 12.0 Å². The molecule has 0 aliphatic heterocycles. The highest BCUT2D eigenvalue weighted by Gasteiger charge is 2.12. The second-order valence-corrected chi connectivity index (χ2v) is 6.94. The molecule has 1 aliphatic rings. The van der Waals surface area contributed by atoms with Gasteiger partial charge in [-0.1, -0.05) is 32.1 Å². The summed E-state index contributed by atoms with van der Waals surface area (Å²) >= 11 is 5.95. The molecule has 0 bridgehead atoms. The summed E-state index contributed by atoms with van der Waals surface area (Å²) < 4.78 is 2.45. The Bertz CT molecular complexity index is 361. The Morgan fingerprint density at radius 1 is 1.24 bits per heavy atom. The van der Waals surface area contributed by atoms with Crippen molar-refractivity contribution in [1.82, 2.24) is 0 Å². The highest BCUT2D eigenvalue weighted by atomic mass is 127. The maximum absolute atomic E-state index is 3.59. The van der Waals surface area contributed by atoms with Gasteiger partial charge in [0.25, 0.3) is 0 Å². The van der Waals surface area contributed by atoms with Crippen molar-refractivity contribution >= 4 is 44.2 Å². The van der Waals surface area contributed by atoms with Crippen molar-refractivity contribution in [2.45, 2.75) is 38.5 Å². The second kappa shape index (κ2) is 6.98. The van der Waals surface area contributed by atoms with Crippen molar-refractivity contribution in [2.75, 3.05) is 11.9 Å². The van der Waals surface area contributed by atoms with E-state index in [0.717, 1.165) is 12.5 Å². The first-order valence-electron chi connectivity index (χ1n) is 6.44. The summed E-state index contributed by atoms with van der Waals surface area (Å²) in [6.07, 6.45) is 8.53. The van der Waals surface area contributed by atoms with Gasteiger partial charge in [0.2, 0.25) is 0 Å². The van der Waals surface area contributed by atoms with E-state index in [1.54, 1.807) is 0 Å². The van der Waals surface area contributed by atoms with Gasteiger partial charge in [-0.15, -0.1) is 0 Å². The van der Waals surface area contributed by atoms with Crippen molar-refractivity contribution in [3.8, 4) is 0 Å². The van der Waals surface area contributed by atoms with E-state index in [0.29, 0.717) is 0 Å². The quantitative estimate of drug-likeness (QED) is 0.655. The Morgan fingerprint density at radius 2 is 2.00 bits per heavy atom. The van der Waals surface area contributed by atoms with Crippen LogP contribution in [0.5, 0.6) is 0 Å². The number of rotatable bonds is 4. The molecule has 0 radical (unpaired) electrons. The molecule has 3 heteroatoms. The predicted octanol–water partition coefficient (Wildman–Crippen LogP) is 5.44. The van der Waals surface area contributed by atoms with E-state index in [9.17, 15) is 0 Å². The van der Waals surface area contributed by atoms with Crippen LogP contribution >= 0.6 is 38.5 Å². The van der Waals surface area contributed by atoms with Crippen LogP contribution < -0.4 is 5.32 Å². The first-order valence-corrected chi connectivity index (χ1v) is 8.32. The minimum atomic E-state index is 0.956. The molecular formula is C14H19BrIN. The molecule has 1 aromatic rings. The fraction of sp³-hybridized carbons (Fsp3) is 0.571. The number of halogens is 2. The maximum Gasteiger partial charge on any atom is 0.0495 e. The number of hydrogen-bond acceptors (Lipinski definition) is 1. The zero-order chi connectivity index (χ0) is 12.1. The molecule has 1 fully saturated rings. The first kappa shape index (κ1) is 13.7. The predicted molar refractivity (Wildman–Crippen MR) is 86.5 cm³/mol. The van der Waals surface area contributed by atoms with E-state index in [2.05, 4.69) is 62.0 Å². The lowest BCUT2D eigenvalue weighted by molar-refractivity contribution is 0.345. The van der Waals surface area contributed by atoms with Gasteiger partial charge >= 0.3 is 0 Å². The molecule has 1 aliphatic carbocycles. The van der Waals surface area contributed by atoms with Gasteiger partial charge in [-0.25, -0.2) is 0 Å². The normalized spacial score (nSPS) is 17.1. The third-order valence-electron chi connectivity index (χ3n) is 3.52. The van der Waals surface area contributed by atoms with Gasteiger partial charge in [0.1, 0.15) is 0 Å². The van der Waals surface area contributed by atoms with Crippen LogP contribution in [0.1, 0.15) is 38.5 Å². The summed E-state index contributed by atoms with van der Waals surface area (Å²) in [7, 11) is 0. The molecule has 0 spiro atoms. The molecule has 1 nitrogen and oxygen atoms in total. The molecule has 1 N–H and O–H groups in total. The van der Waals surface area contributed by atoms with Crippen LogP contribution in [-0.4, -0.2) is 6.54 Å². The van der Waals surface area contributed by atoms with Crippen LogP contribution in [-0.2, 0) is 0 Å². The summed E-state index contributed by atoms with van der Waals surface area (Å²) in [5.74, 6) is 0.956. The van der Waals surface area contributed by atoms with Crippen molar-refractivity contribution in [2.24, 2.45) is 5.92 Å². The summed E-state index contributed by atoms with van der Waals surface area (Å²) in [5, 5.41) is 3.55. The Balaban J connectivity index is 1.79. The van der Waals surface area contributed by atoms with Crippen LogP contribution in [0.3, 0.4) is 0 Å². The fourth-order valence-corrected chi connectivity index (χ4v) is 3.40. The van der Waals surface area contributed by atoms with Gasteiger partial charge in [0.15, 0.2) is 0 Å². The highest BCUT2D eigenvalue weighted by Crippen LogP contribution is 2.28. The molecular weight excluding hydrogens is 389 g/mol. The molecule has 1 aromatic carbocycles. The zero-order valence-electron chi connectivity index (χ0n) is 10.0. The lowest BCUT2D eigenvalue weighted by Gasteiger charge is -2.21. The van der Waals surface area contributed by atoms with Crippen LogP contribution in [0.2, 0.25) is 0 Å². The highest BCUT2D eigenvalue weighted by molar-refractivity contribution is 14.1. The third-order valence-corrected chi connectivity index (χ3v) is 4.88. The van der Waals surface area contributed by atoms with Gasteiger partial charge < -0.3 is 5.32 Å². The van der Waals surface area contributed by atoms with E-state index in [1.807, 2.05) is 0 Å². The van der Waals surface area contributed by atoms with Gasteiger partial charge in [0, 0.05) is 20.3 Å². The summed E-state index contributed by atoms with van der Waals surface area (Å²) in [6, 6.07) is 6.44. The molecule has 0 heterocycles. The van der Waals surface area contributed by atoms with Crippen molar-refractivity contribution in [1.29, 1.82) is 0 Å². The Kier molecular flexibility index (Phi) is 5.60.